The van der Waals surface area contributed by atoms with Crippen molar-refractivity contribution >= 4 is 21.7 Å². The number of hydrogen-bond acceptors (Lipinski definition) is 5. The fourth-order valence-electron chi connectivity index (χ4n) is 2.48. The normalized spacial score (nSPS) is 18.9. The minimum absolute atomic E-state index is 0.00786. The van der Waals surface area contributed by atoms with E-state index in [-0.39, 0.29) is 17.9 Å². The van der Waals surface area contributed by atoms with Crippen LogP contribution >= 0.6 is 0 Å². The van der Waals surface area contributed by atoms with E-state index in [1.807, 2.05) is 0 Å². The first-order valence-corrected chi connectivity index (χ1v) is 9.17. The van der Waals surface area contributed by atoms with Gasteiger partial charge in [-0.25, -0.2) is 13.1 Å². The van der Waals surface area contributed by atoms with Crippen LogP contribution in [0.1, 0.15) is 16.8 Å². The maximum absolute atomic E-state index is 12.0. The van der Waals surface area contributed by atoms with Gasteiger partial charge in [0, 0.05) is 18.0 Å². The number of rotatable bonds is 3. The summed E-state index contributed by atoms with van der Waals surface area (Å²) >= 11 is 0. The van der Waals surface area contributed by atoms with Gasteiger partial charge in [0.25, 0.3) is 5.91 Å². The lowest BCUT2D eigenvalue weighted by molar-refractivity contribution is -0.125. The Morgan fingerprint density at radius 3 is 2.50 bits per heavy atom. The highest BCUT2D eigenvalue weighted by molar-refractivity contribution is 7.91. The SMILES string of the molecule is O=C(NNC(=O)[C@@H]1CCS(=O)(=O)C1)c1ccc(-n2cccn2)cc1. The molecule has 2 heterocycles. The molecule has 0 saturated carbocycles. The summed E-state index contributed by atoms with van der Waals surface area (Å²) in [4.78, 5) is 23.9. The topological polar surface area (TPSA) is 110 Å². The zero-order valence-corrected chi connectivity index (χ0v) is 13.5. The predicted molar refractivity (Wildman–Crippen MR) is 85.9 cm³/mol. The molecular formula is C15H16N4O4S. The second-order valence-electron chi connectivity index (χ2n) is 5.54. The van der Waals surface area contributed by atoms with Crippen molar-refractivity contribution in [3.8, 4) is 5.69 Å². The number of nitrogens with zero attached hydrogens (tertiary/aromatic N) is 2. The third-order valence-electron chi connectivity index (χ3n) is 3.80. The highest BCUT2D eigenvalue weighted by atomic mass is 32.2. The van der Waals surface area contributed by atoms with E-state index in [0.717, 1.165) is 5.69 Å². The van der Waals surface area contributed by atoms with Crippen molar-refractivity contribution in [3.63, 3.8) is 0 Å². The van der Waals surface area contributed by atoms with Crippen molar-refractivity contribution in [2.75, 3.05) is 11.5 Å². The smallest absolute Gasteiger partial charge is 0.269 e. The van der Waals surface area contributed by atoms with Crippen molar-refractivity contribution in [2.45, 2.75) is 6.42 Å². The van der Waals surface area contributed by atoms with Gasteiger partial charge < -0.3 is 0 Å². The van der Waals surface area contributed by atoms with Crippen LogP contribution in [-0.2, 0) is 14.6 Å². The molecule has 0 spiro atoms. The van der Waals surface area contributed by atoms with E-state index in [0.29, 0.717) is 5.56 Å². The highest BCUT2D eigenvalue weighted by Gasteiger charge is 2.33. The summed E-state index contributed by atoms with van der Waals surface area (Å²) in [6.45, 7) is 0. The Hall–Kier alpha value is -2.68. The van der Waals surface area contributed by atoms with Crippen molar-refractivity contribution in [1.82, 2.24) is 20.6 Å². The zero-order valence-electron chi connectivity index (χ0n) is 12.7. The molecule has 0 radical (unpaired) electrons. The molecule has 1 atom stereocenters. The van der Waals surface area contributed by atoms with E-state index < -0.39 is 27.6 Å². The van der Waals surface area contributed by atoms with Crippen molar-refractivity contribution in [3.05, 3.63) is 48.3 Å². The Labute approximate surface area is 138 Å². The lowest BCUT2D eigenvalue weighted by atomic mass is 10.1. The molecule has 1 saturated heterocycles. The lowest BCUT2D eigenvalue weighted by Gasteiger charge is -2.11. The van der Waals surface area contributed by atoms with Gasteiger partial charge in [0.2, 0.25) is 5.91 Å². The number of hydrazine groups is 1. The van der Waals surface area contributed by atoms with Gasteiger partial charge in [-0.15, -0.1) is 0 Å². The summed E-state index contributed by atoms with van der Waals surface area (Å²) in [5.74, 6) is -1.74. The summed E-state index contributed by atoms with van der Waals surface area (Å²) < 4.78 is 24.4. The number of benzene rings is 1. The lowest BCUT2D eigenvalue weighted by Crippen LogP contribution is -2.44. The molecule has 0 aliphatic carbocycles. The van der Waals surface area contributed by atoms with Crippen LogP contribution in [0.15, 0.2) is 42.7 Å². The van der Waals surface area contributed by atoms with Gasteiger partial charge in [-0.2, -0.15) is 5.10 Å². The van der Waals surface area contributed by atoms with Gasteiger partial charge in [-0.05, 0) is 36.8 Å². The zero-order chi connectivity index (χ0) is 17.2. The van der Waals surface area contributed by atoms with Crippen molar-refractivity contribution < 1.29 is 18.0 Å². The van der Waals surface area contributed by atoms with Crippen LogP contribution in [0.3, 0.4) is 0 Å². The highest BCUT2D eigenvalue weighted by Crippen LogP contribution is 2.18. The number of hydrogen-bond donors (Lipinski definition) is 2. The van der Waals surface area contributed by atoms with Crippen LogP contribution in [0.25, 0.3) is 5.69 Å². The molecule has 2 N–H and O–H groups in total. The molecular weight excluding hydrogens is 332 g/mol. The van der Waals surface area contributed by atoms with Crippen LogP contribution in [0.2, 0.25) is 0 Å². The number of nitrogens with one attached hydrogen (secondary N) is 2. The van der Waals surface area contributed by atoms with Gasteiger partial charge in [0.05, 0.1) is 23.1 Å². The van der Waals surface area contributed by atoms with E-state index >= 15 is 0 Å². The first-order chi connectivity index (χ1) is 11.4. The van der Waals surface area contributed by atoms with Crippen LogP contribution in [0.4, 0.5) is 0 Å². The Morgan fingerprint density at radius 1 is 1.17 bits per heavy atom. The third-order valence-corrected chi connectivity index (χ3v) is 5.57. The molecule has 1 aromatic carbocycles. The molecule has 8 nitrogen and oxygen atoms in total. The Kier molecular flexibility index (Phi) is 4.34. The average molecular weight is 348 g/mol. The fraction of sp³-hybridized carbons (Fsp3) is 0.267. The summed E-state index contributed by atoms with van der Waals surface area (Å²) in [7, 11) is -3.14. The monoisotopic (exact) mass is 348 g/mol. The van der Waals surface area contributed by atoms with Gasteiger partial charge >= 0.3 is 0 Å². The average Bonchev–Trinajstić information content (AvgIpc) is 3.22. The molecule has 3 rings (SSSR count). The minimum atomic E-state index is -3.14. The molecule has 1 fully saturated rings. The van der Waals surface area contributed by atoms with E-state index in [9.17, 15) is 18.0 Å². The maximum atomic E-state index is 12.0. The predicted octanol–water partition coefficient (Wildman–Crippen LogP) is 0.0680. The number of amides is 2. The Bertz CT molecular complexity index is 844. The first kappa shape index (κ1) is 16.2. The molecule has 126 valence electrons. The number of carbonyl (C=O) groups is 2. The number of aromatic nitrogens is 2. The fourth-order valence-corrected chi connectivity index (χ4v) is 4.22. The largest absolute Gasteiger partial charge is 0.273 e. The Balaban J connectivity index is 1.56. The molecule has 1 aliphatic rings. The summed E-state index contributed by atoms with van der Waals surface area (Å²) in [5, 5.41) is 4.09. The van der Waals surface area contributed by atoms with Crippen LogP contribution in [0, 0.1) is 5.92 Å². The van der Waals surface area contributed by atoms with Gasteiger partial charge in [-0.3, -0.25) is 20.4 Å². The van der Waals surface area contributed by atoms with Gasteiger partial charge in [0.15, 0.2) is 9.84 Å². The van der Waals surface area contributed by atoms with Gasteiger partial charge in [-0.1, -0.05) is 0 Å². The first-order valence-electron chi connectivity index (χ1n) is 7.35. The maximum Gasteiger partial charge on any atom is 0.269 e. The van der Waals surface area contributed by atoms with Gasteiger partial charge in [0.1, 0.15) is 0 Å². The number of carbonyl (C=O) groups excluding carboxylic acids is 2. The summed E-state index contributed by atoms with van der Waals surface area (Å²) in [5.41, 5.74) is 5.75. The second-order valence-corrected chi connectivity index (χ2v) is 7.77. The standard InChI is InChI=1S/C15H16N4O4S/c20-14(17-18-15(21)12-6-9-24(22,23)10-12)11-2-4-13(5-3-11)19-8-1-7-16-19/h1-5,7-8,12H,6,9-10H2,(H,17,20)(H,18,21)/t12-/m1/s1. The van der Waals surface area contributed by atoms with E-state index in [1.165, 1.54) is 0 Å². The van der Waals surface area contributed by atoms with Crippen LogP contribution < -0.4 is 10.9 Å². The van der Waals surface area contributed by atoms with Crippen molar-refractivity contribution in [1.29, 1.82) is 0 Å². The molecule has 1 aliphatic heterocycles. The second kappa shape index (κ2) is 6.44. The summed E-state index contributed by atoms with van der Waals surface area (Å²) in [6, 6.07) is 8.47. The molecule has 2 amide bonds. The third kappa shape index (κ3) is 3.62. The molecule has 0 unspecified atom stereocenters. The summed E-state index contributed by atoms with van der Waals surface area (Å²) in [6.07, 6.45) is 3.72. The molecule has 0 bridgehead atoms. The number of sulfone groups is 1. The van der Waals surface area contributed by atoms with E-state index in [2.05, 4.69) is 16.0 Å². The van der Waals surface area contributed by atoms with E-state index in [4.69, 9.17) is 0 Å². The van der Waals surface area contributed by atoms with E-state index in [1.54, 1.807) is 47.4 Å². The molecule has 2 aromatic rings. The van der Waals surface area contributed by atoms with Crippen LogP contribution in [-0.4, -0.2) is 41.5 Å². The van der Waals surface area contributed by atoms with Crippen LogP contribution in [0.5, 0.6) is 0 Å². The molecule has 24 heavy (non-hydrogen) atoms. The quantitative estimate of drug-likeness (QED) is 0.763. The minimum Gasteiger partial charge on any atom is -0.273 e. The molecule has 9 heteroatoms. The Morgan fingerprint density at radius 2 is 1.92 bits per heavy atom. The van der Waals surface area contributed by atoms with Crippen molar-refractivity contribution in [2.24, 2.45) is 5.92 Å². The molecule has 1 aromatic heterocycles.